The average molecular weight is 455 g/mol. The molecule has 33 heavy (non-hydrogen) atoms. The van der Waals surface area contributed by atoms with Crippen LogP contribution in [0.25, 0.3) is 11.0 Å². The monoisotopic (exact) mass is 455 g/mol. The van der Waals surface area contributed by atoms with Gasteiger partial charge in [0.2, 0.25) is 0 Å². The van der Waals surface area contributed by atoms with Crippen molar-refractivity contribution in [3.05, 3.63) is 94.3 Å². The maximum atomic E-state index is 13.3. The first kappa shape index (κ1) is 21.9. The molecule has 1 heterocycles. The quantitative estimate of drug-likeness (QED) is 0.381. The molecule has 4 aromatic rings. The molecular formula is C24H16F3NO5. The lowest BCUT2D eigenvalue weighted by Gasteiger charge is -2.16. The van der Waals surface area contributed by atoms with E-state index >= 15 is 0 Å². The summed E-state index contributed by atoms with van der Waals surface area (Å²) >= 11 is 0. The molecule has 6 nitrogen and oxygen atoms in total. The number of halogens is 3. The number of hydrogen-bond acceptors (Lipinski definition) is 5. The van der Waals surface area contributed by atoms with Crippen molar-refractivity contribution in [3.63, 3.8) is 0 Å². The summed E-state index contributed by atoms with van der Waals surface area (Å²) in [6, 6.07) is 17.0. The highest BCUT2D eigenvalue weighted by Crippen LogP contribution is 2.39. The molecule has 0 saturated heterocycles. The highest BCUT2D eigenvalue weighted by molar-refractivity contribution is 6.06. The summed E-state index contributed by atoms with van der Waals surface area (Å²) in [5.41, 5.74) is -2.30. The number of para-hydroxylation sites is 3. The molecule has 168 valence electrons. The molecule has 4 rings (SSSR count). The second kappa shape index (κ2) is 8.70. The standard InChI is InChI=1S/C24H16F3NO5/c1-31-20-8-4-5-9-21(20)32-19-11-10-15(24(25,26)27)13-17(19)28-22(29)16-12-14-6-2-3-7-18(14)33-23(16)30/h2-13H,1H3,(H,28,29). The highest BCUT2D eigenvalue weighted by Gasteiger charge is 2.32. The van der Waals surface area contributed by atoms with Gasteiger partial charge in [0.15, 0.2) is 17.2 Å². The van der Waals surface area contributed by atoms with Gasteiger partial charge >= 0.3 is 11.8 Å². The number of fused-ring (bicyclic) bond motifs is 1. The smallest absolute Gasteiger partial charge is 0.416 e. The van der Waals surface area contributed by atoms with Crippen LogP contribution in [-0.4, -0.2) is 13.0 Å². The number of methoxy groups -OCH3 is 1. The van der Waals surface area contributed by atoms with Crippen LogP contribution in [0.1, 0.15) is 15.9 Å². The molecule has 1 amide bonds. The minimum absolute atomic E-state index is 0.0778. The van der Waals surface area contributed by atoms with Gasteiger partial charge in [-0.25, -0.2) is 4.79 Å². The van der Waals surface area contributed by atoms with E-state index in [1.807, 2.05) is 0 Å². The molecule has 0 fully saturated rings. The van der Waals surface area contributed by atoms with Crippen LogP contribution in [0.2, 0.25) is 0 Å². The van der Waals surface area contributed by atoms with Crippen molar-refractivity contribution in [1.82, 2.24) is 0 Å². The summed E-state index contributed by atoms with van der Waals surface area (Å²) in [5, 5.41) is 2.82. The Morgan fingerprint density at radius 2 is 1.61 bits per heavy atom. The summed E-state index contributed by atoms with van der Waals surface area (Å²) in [6.07, 6.45) is -4.66. The third-order valence-corrected chi connectivity index (χ3v) is 4.73. The van der Waals surface area contributed by atoms with Crippen molar-refractivity contribution in [2.75, 3.05) is 12.4 Å². The van der Waals surface area contributed by atoms with Crippen molar-refractivity contribution in [2.24, 2.45) is 0 Å². The van der Waals surface area contributed by atoms with Gasteiger partial charge in [-0.1, -0.05) is 30.3 Å². The zero-order chi connectivity index (χ0) is 23.6. The number of alkyl halides is 3. The first-order valence-electron chi connectivity index (χ1n) is 9.62. The topological polar surface area (TPSA) is 77.8 Å². The van der Waals surface area contributed by atoms with E-state index in [1.54, 1.807) is 48.5 Å². The molecule has 0 aliphatic heterocycles. The summed E-state index contributed by atoms with van der Waals surface area (Å²) in [6.45, 7) is 0. The Hall–Kier alpha value is -4.27. The zero-order valence-electron chi connectivity index (χ0n) is 17.1. The first-order chi connectivity index (χ1) is 15.8. The minimum Gasteiger partial charge on any atom is -0.493 e. The van der Waals surface area contributed by atoms with Crippen LogP contribution in [0.5, 0.6) is 17.2 Å². The van der Waals surface area contributed by atoms with E-state index in [0.29, 0.717) is 11.1 Å². The Morgan fingerprint density at radius 1 is 0.909 bits per heavy atom. The lowest BCUT2D eigenvalue weighted by molar-refractivity contribution is -0.137. The molecule has 0 unspecified atom stereocenters. The third-order valence-electron chi connectivity index (χ3n) is 4.73. The van der Waals surface area contributed by atoms with Crippen LogP contribution < -0.4 is 20.4 Å². The fraction of sp³-hybridized carbons (Fsp3) is 0.0833. The number of nitrogens with one attached hydrogen (secondary N) is 1. The van der Waals surface area contributed by atoms with Gasteiger partial charge in [-0.15, -0.1) is 0 Å². The van der Waals surface area contributed by atoms with Crippen molar-refractivity contribution in [2.45, 2.75) is 6.18 Å². The van der Waals surface area contributed by atoms with E-state index < -0.39 is 23.3 Å². The molecule has 0 aliphatic rings. The fourth-order valence-corrected chi connectivity index (χ4v) is 3.12. The predicted molar refractivity (Wildman–Crippen MR) is 115 cm³/mol. The minimum atomic E-state index is -4.66. The van der Waals surface area contributed by atoms with Crippen molar-refractivity contribution < 1.29 is 31.9 Å². The summed E-state index contributed by atoms with van der Waals surface area (Å²) in [5.74, 6) is -0.463. The van der Waals surface area contributed by atoms with Gasteiger partial charge in [-0.05, 0) is 42.5 Å². The normalized spacial score (nSPS) is 11.3. The lowest BCUT2D eigenvalue weighted by atomic mass is 10.1. The third kappa shape index (κ3) is 4.67. The fourth-order valence-electron chi connectivity index (χ4n) is 3.12. The van der Waals surface area contributed by atoms with Crippen LogP contribution in [0.15, 0.2) is 82.0 Å². The molecule has 0 radical (unpaired) electrons. The van der Waals surface area contributed by atoms with Crippen LogP contribution in [0, 0.1) is 0 Å². The molecule has 0 spiro atoms. The molecule has 0 bridgehead atoms. The molecule has 0 saturated carbocycles. The van der Waals surface area contributed by atoms with E-state index in [-0.39, 0.29) is 28.3 Å². The first-order valence-corrected chi connectivity index (χ1v) is 9.62. The zero-order valence-corrected chi connectivity index (χ0v) is 17.1. The number of ether oxygens (including phenoxy) is 2. The Balaban J connectivity index is 1.74. The van der Waals surface area contributed by atoms with Crippen molar-refractivity contribution in [1.29, 1.82) is 0 Å². The van der Waals surface area contributed by atoms with E-state index in [0.717, 1.165) is 18.2 Å². The average Bonchev–Trinajstić information content (AvgIpc) is 2.79. The Labute approximate surface area is 185 Å². The van der Waals surface area contributed by atoms with Crippen LogP contribution >= 0.6 is 0 Å². The molecule has 3 aromatic carbocycles. The number of hydrogen-bond donors (Lipinski definition) is 1. The van der Waals surface area contributed by atoms with Gasteiger partial charge in [0, 0.05) is 5.39 Å². The second-order valence-corrected chi connectivity index (χ2v) is 6.90. The Morgan fingerprint density at radius 3 is 2.33 bits per heavy atom. The number of amides is 1. The molecule has 1 N–H and O–H groups in total. The number of benzene rings is 3. The second-order valence-electron chi connectivity index (χ2n) is 6.90. The van der Waals surface area contributed by atoms with Crippen molar-refractivity contribution >= 4 is 22.6 Å². The molecular weight excluding hydrogens is 439 g/mol. The summed E-state index contributed by atoms with van der Waals surface area (Å²) in [7, 11) is 1.41. The number of carbonyl (C=O) groups is 1. The van der Waals surface area contributed by atoms with Crippen LogP contribution in [-0.2, 0) is 6.18 Å². The Kier molecular flexibility index (Phi) is 5.78. The largest absolute Gasteiger partial charge is 0.493 e. The lowest BCUT2D eigenvalue weighted by Crippen LogP contribution is -2.21. The van der Waals surface area contributed by atoms with Gasteiger partial charge in [0.05, 0.1) is 18.4 Å². The molecule has 0 aliphatic carbocycles. The van der Waals surface area contributed by atoms with E-state index in [1.165, 1.54) is 13.2 Å². The molecule has 9 heteroatoms. The number of rotatable bonds is 5. The molecule has 0 atom stereocenters. The van der Waals surface area contributed by atoms with Crippen LogP contribution in [0.3, 0.4) is 0 Å². The molecule has 1 aromatic heterocycles. The highest BCUT2D eigenvalue weighted by atomic mass is 19.4. The summed E-state index contributed by atoms with van der Waals surface area (Å²) < 4.78 is 56.0. The van der Waals surface area contributed by atoms with Gasteiger partial charge in [-0.3, -0.25) is 4.79 Å². The van der Waals surface area contributed by atoms with Gasteiger partial charge in [0.1, 0.15) is 11.1 Å². The van der Waals surface area contributed by atoms with Gasteiger partial charge < -0.3 is 19.2 Å². The SMILES string of the molecule is COc1ccccc1Oc1ccc(C(F)(F)F)cc1NC(=O)c1cc2ccccc2oc1=O. The number of anilines is 1. The van der Waals surface area contributed by atoms with Crippen LogP contribution in [0.4, 0.5) is 18.9 Å². The maximum Gasteiger partial charge on any atom is 0.416 e. The maximum absolute atomic E-state index is 13.3. The van der Waals surface area contributed by atoms with Gasteiger partial charge in [-0.2, -0.15) is 13.2 Å². The van der Waals surface area contributed by atoms with E-state index in [4.69, 9.17) is 13.9 Å². The van der Waals surface area contributed by atoms with E-state index in [9.17, 15) is 22.8 Å². The van der Waals surface area contributed by atoms with Crippen molar-refractivity contribution in [3.8, 4) is 17.2 Å². The Bertz CT molecular complexity index is 1390. The number of carbonyl (C=O) groups excluding carboxylic acids is 1. The summed E-state index contributed by atoms with van der Waals surface area (Å²) in [4.78, 5) is 25.1. The predicted octanol–water partition coefficient (Wildman–Crippen LogP) is 5.87. The van der Waals surface area contributed by atoms with Gasteiger partial charge in [0.25, 0.3) is 5.91 Å². The van der Waals surface area contributed by atoms with E-state index in [2.05, 4.69) is 5.32 Å².